The molecule has 0 heterocycles. The molecule has 0 rings (SSSR count). The van der Waals surface area contributed by atoms with E-state index in [9.17, 15) is 9.90 Å². The second-order valence-electron chi connectivity index (χ2n) is 9.24. The molecule has 0 saturated carbocycles. The Morgan fingerprint density at radius 2 is 1.38 bits per heavy atom. The molecule has 1 unspecified atom stereocenters. The van der Waals surface area contributed by atoms with Crippen LogP contribution in [0.15, 0.2) is 24.5 Å². The zero-order chi connectivity index (χ0) is 21.8. The van der Waals surface area contributed by atoms with Gasteiger partial charge in [0.1, 0.15) is 6.54 Å². The molecule has 0 aromatic heterocycles. The smallest absolute Gasteiger partial charge is 0.152 e. The number of carboxylic acids is 1. The molecule has 0 saturated heterocycles. The van der Waals surface area contributed by atoms with Crippen LogP contribution < -0.4 is 5.11 Å². The molecule has 0 aromatic carbocycles. The summed E-state index contributed by atoms with van der Waals surface area (Å²) in [5, 5.41) is 10.8. The number of likely N-dealkylation sites (N-methyl/N-ethyl adjacent to an activating group) is 1. The standard InChI is InChI=1S/C25H47NO3/c1-5-6-7-8-9-10-11-12-13-14-15-16-17-18-19-20-21-29-24(22-25(27)28)23-26(2,3)4/h18-21,24H,5-17,22-23H2,1-4H3. The summed E-state index contributed by atoms with van der Waals surface area (Å²) in [6.45, 7) is 2.90. The van der Waals surface area contributed by atoms with E-state index in [4.69, 9.17) is 4.74 Å². The summed E-state index contributed by atoms with van der Waals surface area (Å²) >= 11 is 0. The van der Waals surface area contributed by atoms with Crippen molar-refractivity contribution in [1.29, 1.82) is 0 Å². The number of allylic oxidation sites excluding steroid dienone is 3. The molecule has 1 atom stereocenters. The highest BCUT2D eigenvalue weighted by atomic mass is 16.5. The third kappa shape index (κ3) is 22.9. The first-order chi connectivity index (χ1) is 13.8. The average molecular weight is 410 g/mol. The number of quaternary nitrogens is 1. The van der Waals surface area contributed by atoms with Crippen molar-refractivity contribution >= 4 is 5.97 Å². The monoisotopic (exact) mass is 409 g/mol. The van der Waals surface area contributed by atoms with Gasteiger partial charge in [-0.2, -0.15) is 0 Å². The van der Waals surface area contributed by atoms with Gasteiger partial charge < -0.3 is 19.1 Å². The Bertz CT molecular complexity index is 438. The SMILES string of the molecule is CCCCCCCCCCCCCCC=CC=COC(CC(=O)[O-])C[N+](C)(C)C. The van der Waals surface area contributed by atoms with Crippen LogP contribution in [0, 0.1) is 0 Å². The van der Waals surface area contributed by atoms with Crippen LogP contribution in [0.5, 0.6) is 0 Å². The second kappa shape index (κ2) is 18.7. The number of ether oxygens (including phenoxy) is 1. The zero-order valence-corrected chi connectivity index (χ0v) is 19.7. The lowest BCUT2D eigenvalue weighted by molar-refractivity contribution is -0.873. The summed E-state index contributed by atoms with van der Waals surface area (Å²) in [5.74, 6) is -1.07. The molecular formula is C25H47NO3. The predicted molar refractivity (Wildman–Crippen MR) is 121 cm³/mol. The maximum absolute atomic E-state index is 10.8. The number of rotatable bonds is 20. The van der Waals surface area contributed by atoms with Gasteiger partial charge in [0, 0.05) is 12.4 Å². The number of carbonyl (C=O) groups is 1. The number of hydrogen-bond donors (Lipinski definition) is 0. The highest BCUT2D eigenvalue weighted by molar-refractivity contribution is 5.64. The molecular weight excluding hydrogens is 362 g/mol. The lowest BCUT2D eigenvalue weighted by Crippen LogP contribution is -2.44. The lowest BCUT2D eigenvalue weighted by Gasteiger charge is -2.28. The van der Waals surface area contributed by atoms with Crippen molar-refractivity contribution in [2.24, 2.45) is 0 Å². The van der Waals surface area contributed by atoms with E-state index in [1.807, 2.05) is 33.3 Å². The molecule has 0 bridgehead atoms. The van der Waals surface area contributed by atoms with Crippen LogP contribution in [-0.4, -0.2) is 44.2 Å². The fraction of sp³-hybridized carbons (Fsp3) is 0.800. The van der Waals surface area contributed by atoms with Crippen LogP contribution in [-0.2, 0) is 9.53 Å². The van der Waals surface area contributed by atoms with Crippen LogP contribution in [0.2, 0.25) is 0 Å². The van der Waals surface area contributed by atoms with E-state index in [0.29, 0.717) is 11.0 Å². The van der Waals surface area contributed by atoms with Crippen molar-refractivity contribution in [3.8, 4) is 0 Å². The van der Waals surface area contributed by atoms with Crippen LogP contribution in [0.25, 0.3) is 0 Å². The highest BCUT2D eigenvalue weighted by Gasteiger charge is 2.18. The van der Waals surface area contributed by atoms with Gasteiger partial charge in [-0.25, -0.2) is 0 Å². The molecule has 0 spiro atoms. The third-order valence-corrected chi connectivity index (χ3v) is 4.97. The van der Waals surface area contributed by atoms with E-state index in [1.54, 1.807) is 6.26 Å². The first-order valence-corrected chi connectivity index (χ1v) is 11.8. The minimum Gasteiger partial charge on any atom is -0.550 e. The molecule has 0 aromatic rings. The molecule has 0 aliphatic rings. The Labute approximate surface area is 180 Å². The number of aliphatic carboxylic acids is 1. The van der Waals surface area contributed by atoms with Crippen LogP contribution in [0.1, 0.15) is 96.8 Å². The Balaban J connectivity index is 3.61. The molecule has 0 aliphatic heterocycles. The van der Waals surface area contributed by atoms with Gasteiger partial charge in [0.15, 0.2) is 6.10 Å². The molecule has 170 valence electrons. The molecule has 0 aliphatic carbocycles. The zero-order valence-electron chi connectivity index (χ0n) is 19.7. The van der Waals surface area contributed by atoms with E-state index in [0.717, 1.165) is 6.42 Å². The van der Waals surface area contributed by atoms with Crippen LogP contribution in [0.3, 0.4) is 0 Å². The normalized spacial score (nSPS) is 13.4. The van der Waals surface area contributed by atoms with E-state index in [1.165, 1.54) is 77.0 Å². The molecule has 0 amide bonds. The molecule has 0 radical (unpaired) electrons. The van der Waals surface area contributed by atoms with Crippen molar-refractivity contribution in [1.82, 2.24) is 0 Å². The summed E-state index contributed by atoms with van der Waals surface area (Å²) < 4.78 is 6.23. The minimum absolute atomic E-state index is 0.0809. The van der Waals surface area contributed by atoms with Crippen molar-refractivity contribution in [2.45, 2.75) is 103 Å². The number of carbonyl (C=O) groups excluding carboxylic acids is 1. The summed E-state index contributed by atoms with van der Waals surface area (Å²) in [5.41, 5.74) is 0. The third-order valence-electron chi connectivity index (χ3n) is 4.97. The van der Waals surface area contributed by atoms with Crippen molar-refractivity contribution in [2.75, 3.05) is 27.7 Å². The number of unbranched alkanes of at least 4 members (excludes halogenated alkanes) is 12. The molecule has 29 heavy (non-hydrogen) atoms. The Hall–Kier alpha value is -1.29. The van der Waals surface area contributed by atoms with Gasteiger partial charge in [-0.3, -0.25) is 0 Å². The largest absolute Gasteiger partial charge is 0.550 e. The molecule has 4 nitrogen and oxygen atoms in total. The van der Waals surface area contributed by atoms with Crippen molar-refractivity contribution < 1.29 is 19.1 Å². The van der Waals surface area contributed by atoms with Crippen LogP contribution >= 0.6 is 0 Å². The molecule has 4 heteroatoms. The number of nitrogens with zero attached hydrogens (tertiary/aromatic N) is 1. The van der Waals surface area contributed by atoms with Gasteiger partial charge in [0.05, 0.1) is 27.4 Å². The maximum atomic E-state index is 10.8. The van der Waals surface area contributed by atoms with Gasteiger partial charge in [-0.15, -0.1) is 0 Å². The van der Waals surface area contributed by atoms with Gasteiger partial charge >= 0.3 is 0 Å². The molecule has 0 N–H and O–H groups in total. The first kappa shape index (κ1) is 27.7. The Kier molecular flexibility index (Phi) is 17.9. The number of hydrogen-bond acceptors (Lipinski definition) is 3. The predicted octanol–water partition coefficient (Wildman–Crippen LogP) is 5.38. The summed E-state index contributed by atoms with van der Waals surface area (Å²) in [6.07, 6.45) is 24.7. The lowest BCUT2D eigenvalue weighted by atomic mass is 10.0. The topological polar surface area (TPSA) is 49.4 Å². The highest BCUT2D eigenvalue weighted by Crippen LogP contribution is 2.12. The first-order valence-electron chi connectivity index (χ1n) is 11.8. The summed E-state index contributed by atoms with van der Waals surface area (Å²) in [4.78, 5) is 10.8. The van der Waals surface area contributed by atoms with E-state index < -0.39 is 5.97 Å². The van der Waals surface area contributed by atoms with Crippen molar-refractivity contribution in [3.63, 3.8) is 0 Å². The number of carboxylic acid groups (broad SMARTS) is 1. The fourth-order valence-electron chi connectivity index (χ4n) is 3.43. The van der Waals surface area contributed by atoms with Gasteiger partial charge in [-0.1, -0.05) is 89.7 Å². The van der Waals surface area contributed by atoms with E-state index >= 15 is 0 Å². The van der Waals surface area contributed by atoms with Crippen LogP contribution in [0.4, 0.5) is 0 Å². The minimum atomic E-state index is -1.07. The Morgan fingerprint density at radius 3 is 1.86 bits per heavy atom. The molecule has 0 fully saturated rings. The summed E-state index contributed by atoms with van der Waals surface area (Å²) in [6, 6.07) is 0. The van der Waals surface area contributed by atoms with Crippen molar-refractivity contribution in [3.05, 3.63) is 24.5 Å². The van der Waals surface area contributed by atoms with E-state index in [2.05, 4.69) is 13.0 Å². The summed E-state index contributed by atoms with van der Waals surface area (Å²) in [7, 11) is 6.05. The van der Waals surface area contributed by atoms with Gasteiger partial charge in [0.2, 0.25) is 0 Å². The van der Waals surface area contributed by atoms with E-state index in [-0.39, 0.29) is 12.5 Å². The van der Waals surface area contributed by atoms with Gasteiger partial charge in [0.25, 0.3) is 0 Å². The average Bonchev–Trinajstić information content (AvgIpc) is 2.62. The second-order valence-corrected chi connectivity index (χ2v) is 9.24. The maximum Gasteiger partial charge on any atom is 0.152 e. The quantitative estimate of drug-likeness (QED) is 0.117. The van der Waals surface area contributed by atoms with Gasteiger partial charge in [-0.05, 0) is 18.9 Å². The fourth-order valence-corrected chi connectivity index (χ4v) is 3.43. The Morgan fingerprint density at radius 1 is 0.862 bits per heavy atom.